The summed E-state index contributed by atoms with van der Waals surface area (Å²) < 4.78 is 5.59. The summed E-state index contributed by atoms with van der Waals surface area (Å²) in [5.74, 6) is -5.05. The van der Waals surface area contributed by atoms with Gasteiger partial charge in [-0.05, 0) is 115 Å². The largest absolute Gasteiger partial charge is 0.390 e. The van der Waals surface area contributed by atoms with Gasteiger partial charge in [0.15, 0.2) is 5.37 Å². The molecule has 0 radical (unpaired) electrons. The summed E-state index contributed by atoms with van der Waals surface area (Å²) in [6.07, 6.45) is 7.72. The van der Waals surface area contributed by atoms with Crippen molar-refractivity contribution in [3.63, 3.8) is 0 Å². The van der Waals surface area contributed by atoms with Crippen molar-refractivity contribution in [2.45, 2.75) is 201 Å². The van der Waals surface area contributed by atoms with E-state index in [2.05, 4.69) is 10.2 Å². The van der Waals surface area contributed by atoms with Crippen molar-refractivity contribution >= 4 is 59.0 Å². The number of nitrogens with zero attached hydrogens (tertiary/aromatic N) is 7. The predicted octanol–water partition coefficient (Wildman–Crippen LogP) is 4.83. The highest BCUT2D eigenvalue weighted by Gasteiger charge is 2.45. The molecule has 0 saturated carbocycles. The van der Waals surface area contributed by atoms with Gasteiger partial charge in [0, 0.05) is 62.2 Å². The number of allylic oxidation sites excluding steroid dienone is 2. The van der Waals surface area contributed by atoms with Crippen LogP contribution in [0.3, 0.4) is 0 Å². The number of aliphatic hydroxyl groups excluding tert-OH is 1. The molecule has 0 aromatic rings. The first-order chi connectivity index (χ1) is 35.4. The van der Waals surface area contributed by atoms with E-state index in [1.807, 2.05) is 46.8 Å². The molecular formula is C56H103N9O10S. The van der Waals surface area contributed by atoms with E-state index in [1.54, 1.807) is 62.6 Å². The number of piperidine rings is 1. The van der Waals surface area contributed by atoms with Gasteiger partial charge in [-0.1, -0.05) is 80.9 Å². The maximum atomic E-state index is 15.1. The Bertz CT molecular complexity index is 1910. The van der Waals surface area contributed by atoms with Crippen LogP contribution in [0.15, 0.2) is 12.2 Å². The minimum absolute atomic E-state index is 0.0557. The second kappa shape index (κ2) is 33.2. The Kier molecular flexibility index (Phi) is 30.5. The molecule has 0 unspecified atom stereocenters. The molecule has 9 atom stereocenters. The highest BCUT2D eigenvalue weighted by atomic mass is 32.2. The summed E-state index contributed by atoms with van der Waals surface area (Å²) in [6.45, 7) is 24.7. The van der Waals surface area contributed by atoms with Crippen molar-refractivity contribution in [2.75, 3.05) is 74.8 Å². The lowest BCUT2D eigenvalue weighted by Crippen LogP contribution is -2.63. The molecule has 0 aromatic carbocycles. The lowest BCUT2D eigenvalue weighted by atomic mass is 9.91. The number of aliphatic hydroxyl groups is 1. The number of methoxy groups -OCH3 is 1. The molecule has 0 aliphatic carbocycles. The second-order valence-corrected chi connectivity index (χ2v) is 24.0. The molecule has 0 spiro atoms. The van der Waals surface area contributed by atoms with Crippen LogP contribution in [0.1, 0.15) is 147 Å². The minimum atomic E-state index is -1.56. The van der Waals surface area contributed by atoms with Crippen molar-refractivity contribution < 1.29 is 48.2 Å². The summed E-state index contributed by atoms with van der Waals surface area (Å²) >= 11 is 1.26. The summed E-state index contributed by atoms with van der Waals surface area (Å²) in [7, 11) is 10.5. The van der Waals surface area contributed by atoms with Gasteiger partial charge in [0.1, 0.15) is 36.3 Å². The Morgan fingerprint density at radius 2 is 1.22 bits per heavy atom. The number of likely N-dealkylation sites (N-methyl/N-ethyl adjacent to an activating group) is 6. The van der Waals surface area contributed by atoms with Gasteiger partial charge in [0.2, 0.25) is 41.4 Å². The lowest BCUT2D eigenvalue weighted by Gasteiger charge is -2.41. The fraction of sp³-hybridized carbons (Fsp3) is 0.821. The molecule has 1 heterocycles. The number of likely N-dealkylation sites (tertiary alicyclic amines) is 1. The first-order valence-corrected chi connectivity index (χ1v) is 28.8. The zero-order valence-electron chi connectivity index (χ0n) is 50.2. The Labute approximate surface area is 462 Å². The molecule has 8 amide bonds. The number of nitrogens with two attached hydrogens (primary N) is 1. The van der Waals surface area contributed by atoms with Crippen molar-refractivity contribution in [1.29, 1.82) is 0 Å². The van der Waals surface area contributed by atoms with Gasteiger partial charge in [-0.3, -0.25) is 38.4 Å². The van der Waals surface area contributed by atoms with E-state index in [0.717, 1.165) is 43.8 Å². The summed E-state index contributed by atoms with van der Waals surface area (Å²) in [6, 6.07) is -6.86. The molecule has 1 fully saturated rings. The first-order valence-electron chi connectivity index (χ1n) is 27.7. The Morgan fingerprint density at radius 3 is 1.70 bits per heavy atom. The molecular weight excluding hydrogens is 991 g/mol. The van der Waals surface area contributed by atoms with Crippen molar-refractivity contribution in [1.82, 2.24) is 39.6 Å². The standard InChI is InChI=1S/C56H103N9O10S/c1-20-23-28-39(10)47(67)46(63(17)53(73)45(38(8)9)62(16)52(72)42(34-37(6)7)60(14)51(71)41(33-36(4)5)59(13)44(66)22-3)49(69)58-40(21-2)50(70)64(18)55(76-32-27-31-65-29-25-24-26-30-65)54(74)61(15)43(48(57)68)35-56(11,12)75-19/h20,23,36-43,45-47,55,67H,21-22,24-35H2,1-19H3,(H2,57,68)(H,58,69)/b23-20+/t39-,40+,41+,42+,43+,45+,46+,47-,55-/m1/s1. The molecule has 1 aliphatic rings. The number of carbonyl (C=O) groups is 8. The molecule has 0 aromatic heterocycles. The van der Waals surface area contributed by atoms with E-state index < -0.39 is 107 Å². The van der Waals surface area contributed by atoms with E-state index in [1.165, 1.54) is 78.0 Å². The molecule has 0 bridgehead atoms. The lowest BCUT2D eigenvalue weighted by molar-refractivity contribution is -0.157. The highest BCUT2D eigenvalue weighted by molar-refractivity contribution is 8.00. The first kappa shape index (κ1) is 69.7. The summed E-state index contributed by atoms with van der Waals surface area (Å²) in [5, 5.41) is 13.8. The zero-order valence-corrected chi connectivity index (χ0v) is 51.0. The molecule has 1 rings (SSSR count). The monoisotopic (exact) mass is 1090 g/mol. The summed E-state index contributed by atoms with van der Waals surface area (Å²) in [5.41, 5.74) is 5.07. The van der Waals surface area contributed by atoms with Crippen LogP contribution in [-0.2, 0) is 43.1 Å². The van der Waals surface area contributed by atoms with Crippen molar-refractivity contribution in [3.05, 3.63) is 12.2 Å². The average Bonchev–Trinajstić information content (AvgIpc) is 3.37. The quantitative estimate of drug-likeness (QED) is 0.0457. The Morgan fingerprint density at radius 1 is 0.711 bits per heavy atom. The third-order valence-electron chi connectivity index (χ3n) is 14.9. The number of hydrogen-bond donors (Lipinski definition) is 3. The topological polar surface area (TPSA) is 227 Å². The van der Waals surface area contributed by atoms with E-state index in [0.29, 0.717) is 18.6 Å². The number of amides is 8. The van der Waals surface area contributed by atoms with E-state index in [4.69, 9.17) is 10.5 Å². The predicted molar refractivity (Wildman–Crippen MR) is 302 cm³/mol. The zero-order chi connectivity index (χ0) is 58.5. The number of carbonyl (C=O) groups excluding carboxylic acids is 8. The van der Waals surface area contributed by atoms with Crippen molar-refractivity contribution in [2.24, 2.45) is 29.4 Å². The molecule has 438 valence electrons. The smallest absolute Gasteiger partial charge is 0.256 e. The Balaban J connectivity index is 3.80. The fourth-order valence-corrected chi connectivity index (χ4v) is 11.0. The molecule has 4 N–H and O–H groups in total. The van der Waals surface area contributed by atoms with Gasteiger partial charge in [-0.25, -0.2) is 0 Å². The number of ether oxygens (including phenoxy) is 1. The van der Waals surface area contributed by atoms with E-state index in [9.17, 15) is 38.7 Å². The van der Waals surface area contributed by atoms with Crippen LogP contribution in [0, 0.1) is 23.7 Å². The minimum Gasteiger partial charge on any atom is -0.390 e. The van der Waals surface area contributed by atoms with Gasteiger partial charge in [0.25, 0.3) is 5.91 Å². The summed E-state index contributed by atoms with van der Waals surface area (Å²) in [4.78, 5) is 125. The molecule has 19 nitrogen and oxygen atoms in total. The van der Waals surface area contributed by atoms with Gasteiger partial charge in [-0.15, -0.1) is 11.8 Å². The van der Waals surface area contributed by atoms with Crippen LogP contribution in [0.2, 0.25) is 0 Å². The average molecular weight is 1090 g/mol. The Hall–Kier alpha value is -4.27. The molecule has 1 saturated heterocycles. The van der Waals surface area contributed by atoms with E-state index >= 15 is 4.79 Å². The number of hydrogen-bond acceptors (Lipinski definition) is 12. The number of primary amides is 1. The second-order valence-electron chi connectivity index (χ2n) is 22.8. The highest BCUT2D eigenvalue weighted by Crippen LogP contribution is 2.27. The number of thioether (sulfide) groups is 1. The van der Waals surface area contributed by atoms with Crippen LogP contribution in [0.5, 0.6) is 0 Å². The third-order valence-corrected chi connectivity index (χ3v) is 16.3. The number of rotatable bonds is 33. The van der Waals surface area contributed by atoms with Crippen molar-refractivity contribution in [3.8, 4) is 0 Å². The van der Waals surface area contributed by atoms with Gasteiger partial charge < -0.3 is 55.2 Å². The normalized spacial score (nSPS) is 17.0. The van der Waals surface area contributed by atoms with Gasteiger partial charge in [-0.2, -0.15) is 0 Å². The maximum absolute atomic E-state index is 15.1. The van der Waals surface area contributed by atoms with Crippen LogP contribution >= 0.6 is 11.8 Å². The molecule has 1 aliphatic heterocycles. The number of nitrogens with one attached hydrogen (secondary N) is 1. The molecule has 76 heavy (non-hydrogen) atoms. The molecule has 20 heteroatoms. The van der Waals surface area contributed by atoms with E-state index in [-0.39, 0.29) is 43.4 Å². The SMILES string of the molecule is C/C=C/C[C@@H](C)[C@@H](O)[C@@H](C(=O)N[C@@H](CC)C(=O)N(C)[C@H](SCCCN1CCCCC1)C(=O)N(C)[C@@H](CC(C)(C)OC)C(N)=O)N(C)C(=O)[C@H](C(C)C)N(C)C(=O)[C@H](CC(C)C)N(C)C(=O)[C@H](CC(C)C)N(C)C(=O)CC. The van der Waals surface area contributed by atoms with Gasteiger partial charge in [0.05, 0.1) is 11.7 Å². The van der Waals surface area contributed by atoms with Crippen LogP contribution < -0.4 is 11.1 Å². The fourth-order valence-electron chi connectivity index (χ4n) is 9.81. The third kappa shape index (κ3) is 20.5. The van der Waals surface area contributed by atoms with Crippen LogP contribution in [-0.4, -0.2) is 215 Å². The van der Waals surface area contributed by atoms with Gasteiger partial charge >= 0.3 is 0 Å². The maximum Gasteiger partial charge on any atom is 0.256 e. The van der Waals surface area contributed by atoms with Crippen LogP contribution in [0.25, 0.3) is 0 Å². The van der Waals surface area contributed by atoms with Crippen LogP contribution in [0.4, 0.5) is 0 Å².